The van der Waals surface area contributed by atoms with Crippen LogP contribution in [-0.2, 0) is 0 Å². The highest BCUT2D eigenvalue weighted by Gasteiger charge is 2.12. The number of allylic oxidation sites excluding steroid dienone is 1. The van der Waals surface area contributed by atoms with E-state index in [9.17, 15) is 0 Å². The Morgan fingerprint density at radius 1 is 1.23 bits per heavy atom. The van der Waals surface area contributed by atoms with Gasteiger partial charge >= 0.3 is 0 Å². The van der Waals surface area contributed by atoms with Crippen LogP contribution in [0.25, 0.3) is 22.7 Å². The molecular formula is C15H12Cl2N4O. The molecular weight excluding hydrogens is 323 g/mol. The third kappa shape index (κ3) is 2.61. The van der Waals surface area contributed by atoms with E-state index in [2.05, 4.69) is 9.97 Å². The lowest BCUT2D eigenvalue weighted by Crippen LogP contribution is -1.99. The Labute approximate surface area is 136 Å². The average Bonchev–Trinajstić information content (AvgIpc) is 2.84. The first kappa shape index (κ1) is 14.7. The minimum absolute atomic E-state index is 0.0736. The number of benzene rings is 1. The van der Waals surface area contributed by atoms with Crippen molar-refractivity contribution in [1.29, 1.82) is 0 Å². The number of aromatic nitrogens is 2. The molecule has 0 saturated carbocycles. The van der Waals surface area contributed by atoms with Crippen molar-refractivity contribution in [3.63, 3.8) is 0 Å². The lowest BCUT2D eigenvalue weighted by Gasteiger charge is -2.05. The van der Waals surface area contributed by atoms with Crippen LogP contribution >= 0.6 is 23.2 Å². The maximum absolute atomic E-state index is 6.21. The molecule has 0 radical (unpaired) electrons. The topological polar surface area (TPSA) is 91.0 Å². The van der Waals surface area contributed by atoms with Gasteiger partial charge in [-0.05, 0) is 42.3 Å². The smallest absolute Gasteiger partial charge is 0.233 e. The van der Waals surface area contributed by atoms with Gasteiger partial charge in [0.05, 0.1) is 5.39 Å². The summed E-state index contributed by atoms with van der Waals surface area (Å²) in [6.07, 6.45) is 3.44. The van der Waals surface area contributed by atoms with Crippen LogP contribution in [0.5, 0.6) is 0 Å². The Hall–Kier alpha value is -2.24. The van der Waals surface area contributed by atoms with E-state index in [1.54, 1.807) is 24.5 Å². The SMILES string of the molecule is C/C(=C\c1coc2nc(N)nc(N)c12)c1cc(Cl)ccc1Cl. The van der Waals surface area contributed by atoms with Crippen molar-refractivity contribution in [2.45, 2.75) is 6.92 Å². The van der Waals surface area contributed by atoms with Crippen LogP contribution in [-0.4, -0.2) is 9.97 Å². The van der Waals surface area contributed by atoms with Crippen molar-refractivity contribution < 1.29 is 4.42 Å². The third-order valence-corrected chi connectivity index (χ3v) is 3.80. The van der Waals surface area contributed by atoms with Crippen LogP contribution in [0.4, 0.5) is 11.8 Å². The van der Waals surface area contributed by atoms with Crippen molar-refractivity contribution in [3.8, 4) is 0 Å². The molecule has 22 heavy (non-hydrogen) atoms. The highest BCUT2D eigenvalue weighted by molar-refractivity contribution is 6.34. The molecule has 4 N–H and O–H groups in total. The van der Waals surface area contributed by atoms with E-state index >= 15 is 0 Å². The Morgan fingerprint density at radius 2 is 2.00 bits per heavy atom. The molecule has 0 aliphatic heterocycles. The highest BCUT2D eigenvalue weighted by atomic mass is 35.5. The maximum atomic E-state index is 6.21. The number of hydrogen-bond acceptors (Lipinski definition) is 5. The fourth-order valence-electron chi connectivity index (χ4n) is 2.23. The van der Waals surface area contributed by atoms with Crippen molar-refractivity contribution in [2.75, 3.05) is 11.5 Å². The first-order valence-corrected chi connectivity index (χ1v) is 7.15. The molecule has 3 aromatic rings. The lowest BCUT2D eigenvalue weighted by molar-refractivity contribution is 0.602. The summed E-state index contributed by atoms with van der Waals surface area (Å²) in [5.74, 6) is 0.344. The molecule has 0 aliphatic carbocycles. The first-order valence-electron chi connectivity index (χ1n) is 6.39. The Kier molecular flexibility index (Phi) is 3.68. The summed E-state index contributed by atoms with van der Waals surface area (Å²) in [7, 11) is 0. The number of halogens is 2. The number of nitrogens with zero attached hydrogens (tertiary/aromatic N) is 2. The van der Waals surface area contributed by atoms with E-state index in [1.165, 1.54) is 0 Å². The largest absolute Gasteiger partial charge is 0.445 e. The van der Waals surface area contributed by atoms with E-state index in [0.29, 0.717) is 21.1 Å². The molecule has 0 saturated heterocycles. The van der Waals surface area contributed by atoms with Gasteiger partial charge in [-0.1, -0.05) is 23.2 Å². The first-order chi connectivity index (χ1) is 10.5. The minimum atomic E-state index is 0.0736. The summed E-state index contributed by atoms with van der Waals surface area (Å²) in [5, 5.41) is 1.84. The van der Waals surface area contributed by atoms with Gasteiger partial charge in [0.1, 0.15) is 12.1 Å². The second-order valence-electron chi connectivity index (χ2n) is 4.79. The van der Waals surface area contributed by atoms with Gasteiger partial charge in [0, 0.05) is 15.6 Å². The number of furan rings is 1. The monoisotopic (exact) mass is 334 g/mol. The number of hydrogen-bond donors (Lipinski definition) is 2. The lowest BCUT2D eigenvalue weighted by atomic mass is 10.0. The molecule has 0 amide bonds. The molecule has 0 fully saturated rings. The summed E-state index contributed by atoms with van der Waals surface area (Å²) < 4.78 is 5.39. The standard InChI is InChI=1S/C15H12Cl2N4O/c1-7(10-5-9(16)2-3-11(10)17)4-8-6-22-14-12(8)13(18)20-15(19)21-14/h2-6H,1H3,(H4,18,19,20,21)/b7-4+. The molecule has 7 heteroatoms. The molecule has 0 bridgehead atoms. The zero-order valence-electron chi connectivity index (χ0n) is 11.6. The van der Waals surface area contributed by atoms with E-state index in [4.69, 9.17) is 39.1 Å². The predicted molar refractivity (Wildman–Crippen MR) is 90.6 cm³/mol. The van der Waals surface area contributed by atoms with Crippen LogP contribution in [0.3, 0.4) is 0 Å². The van der Waals surface area contributed by atoms with Crippen LogP contribution in [0, 0.1) is 0 Å². The number of anilines is 2. The van der Waals surface area contributed by atoms with Gasteiger partial charge in [-0.15, -0.1) is 0 Å². The second kappa shape index (κ2) is 5.51. The summed E-state index contributed by atoms with van der Waals surface area (Å²) in [4.78, 5) is 7.97. The van der Waals surface area contributed by atoms with Gasteiger partial charge in [0.25, 0.3) is 0 Å². The van der Waals surface area contributed by atoms with Gasteiger partial charge in [0.2, 0.25) is 11.7 Å². The summed E-state index contributed by atoms with van der Waals surface area (Å²) >= 11 is 12.2. The zero-order chi connectivity index (χ0) is 15.9. The average molecular weight is 335 g/mol. The second-order valence-corrected chi connectivity index (χ2v) is 5.63. The van der Waals surface area contributed by atoms with Gasteiger partial charge < -0.3 is 15.9 Å². The van der Waals surface area contributed by atoms with Gasteiger partial charge in [-0.25, -0.2) is 0 Å². The van der Waals surface area contributed by atoms with Gasteiger partial charge in [0.15, 0.2) is 0 Å². The number of fused-ring (bicyclic) bond motifs is 1. The van der Waals surface area contributed by atoms with Crippen molar-refractivity contribution in [3.05, 3.63) is 45.6 Å². The zero-order valence-corrected chi connectivity index (χ0v) is 13.1. The molecule has 5 nitrogen and oxygen atoms in total. The van der Waals surface area contributed by atoms with Crippen molar-refractivity contribution in [1.82, 2.24) is 9.97 Å². The normalized spacial score (nSPS) is 12.0. The fraction of sp³-hybridized carbons (Fsp3) is 0.0667. The van der Waals surface area contributed by atoms with Crippen LogP contribution in [0.15, 0.2) is 28.9 Å². The van der Waals surface area contributed by atoms with Crippen LogP contribution in [0.2, 0.25) is 10.0 Å². The Morgan fingerprint density at radius 3 is 2.77 bits per heavy atom. The van der Waals surface area contributed by atoms with Crippen molar-refractivity contribution in [2.24, 2.45) is 0 Å². The van der Waals surface area contributed by atoms with E-state index < -0.39 is 0 Å². The summed E-state index contributed by atoms with van der Waals surface area (Å²) in [6.45, 7) is 1.92. The Balaban J connectivity index is 2.14. The number of nitrogens with two attached hydrogens (primary N) is 2. The fourth-order valence-corrected chi connectivity index (χ4v) is 2.66. The van der Waals surface area contributed by atoms with Gasteiger partial charge in [-0.3, -0.25) is 0 Å². The van der Waals surface area contributed by atoms with E-state index in [1.807, 2.05) is 13.0 Å². The molecule has 2 aromatic heterocycles. The van der Waals surface area contributed by atoms with Crippen LogP contribution < -0.4 is 11.5 Å². The molecule has 0 unspecified atom stereocenters. The molecule has 0 spiro atoms. The van der Waals surface area contributed by atoms with Gasteiger partial charge in [-0.2, -0.15) is 9.97 Å². The van der Waals surface area contributed by atoms with Crippen molar-refractivity contribution >= 4 is 57.7 Å². The maximum Gasteiger partial charge on any atom is 0.233 e. The van der Waals surface area contributed by atoms with Crippen LogP contribution in [0.1, 0.15) is 18.1 Å². The molecule has 2 heterocycles. The summed E-state index contributed by atoms with van der Waals surface area (Å²) in [6, 6.07) is 5.29. The summed E-state index contributed by atoms with van der Waals surface area (Å²) in [5.41, 5.74) is 14.3. The predicted octanol–water partition coefficient (Wildman–Crippen LogP) is 4.25. The number of nitrogen functional groups attached to an aromatic ring is 2. The molecule has 0 atom stereocenters. The van der Waals surface area contributed by atoms with E-state index in [0.717, 1.165) is 16.7 Å². The molecule has 1 aromatic carbocycles. The quantitative estimate of drug-likeness (QED) is 0.730. The molecule has 112 valence electrons. The third-order valence-electron chi connectivity index (χ3n) is 3.23. The van der Waals surface area contributed by atoms with E-state index in [-0.39, 0.29) is 11.8 Å². The highest BCUT2D eigenvalue weighted by Crippen LogP contribution is 2.31. The molecule has 3 rings (SSSR count). The molecule has 0 aliphatic rings. The number of rotatable bonds is 2. The Bertz CT molecular complexity index is 902. The minimum Gasteiger partial charge on any atom is -0.445 e.